The summed E-state index contributed by atoms with van der Waals surface area (Å²) in [6.45, 7) is 8.18. The standard InChI is InChI=1S/C35H51N5O8S3/c1-30-4-10-33(11-5-30)49(41,42)38-20-16-36-18-26-47-28-24-39(50(43,44)34-12-6-31(2)7-13-34)22-23-40(25-29-48-27-19-37-17-21-38)51(45,46)35-14-8-32(3)9-15-35/h4-15,36-37H,16-29H2,1-3H3. The van der Waals surface area contributed by atoms with Crippen LogP contribution in [0.3, 0.4) is 0 Å². The van der Waals surface area contributed by atoms with Crippen LogP contribution in [-0.4, -0.2) is 130 Å². The van der Waals surface area contributed by atoms with Gasteiger partial charge in [-0.2, -0.15) is 12.9 Å². The highest BCUT2D eigenvalue weighted by Gasteiger charge is 2.29. The van der Waals surface area contributed by atoms with Gasteiger partial charge < -0.3 is 20.1 Å². The molecule has 0 radical (unpaired) electrons. The normalized spacial score (nSPS) is 18.9. The van der Waals surface area contributed by atoms with Crippen LogP contribution < -0.4 is 10.6 Å². The van der Waals surface area contributed by atoms with Crippen LogP contribution in [0.2, 0.25) is 0 Å². The van der Waals surface area contributed by atoms with Crippen molar-refractivity contribution in [1.29, 1.82) is 0 Å². The number of ether oxygens (including phenoxy) is 2. The summed E-state index contributed by atoms with van der Waals surface area (Å²) in [7, 11) is -11.7. The molecular formula is C35H51N5O8S3. The van der Waals surface area contributed by atoms with Crippen LogP contribution in [0.15, 0.2) is 87.5 Å². The summed E-state index contributed by atoms with van der Waals surface area (Å²) in [6.07, 6.45) is 0. The fraction of sp³-hybridized carbons (Fsp3) is 0.486. The minimum atomic E-state index is -3.99. The Morgan fingerprint density at radius 2 is 0.706 bits per heavy atom. The Morgan fingerprint density at radius 1 is 0.412 bits per heavy atom. The summed E-state index contributed by atoms with van der Waals surface area (Å²) in [5.41, 5.74) is 2.78. The molecule has 3 aromatic carbocycles. The lowest BCUT2D eigenvalue weighted by Crippen LogP contribution is -2.43. The van der Waals surface area contributed by atoms with E-state index in [1.165, 1.54) is 12.9 Å². The maximum absolute atomic E-state index is 13.8. The second-order valence-electron chi connectivity index (χ2n) is 12.4. The number of nitrogens with zero attached hydrogens (tertiary/aromatic N) is 3. The smallest absolute Gasteiger partial charge is 0.243 e. The van der Waals surface area contributed by atoms with Gasteiger partial charge in [0.15, 0.2) is 0 Å². The third kappa shape index (κ3) is 11.9. The number of hydrogen-bond donors (Lipinski definition) is 2. The van der Waals surface area contributed by atoms with Gasteiger partial charge in [-0.25, -0.2) is 25.3 Å². The van der Waals surface area contributed by atoms with Crippen LogP contribution in [0, 0.1) is 20.8 Å². The van der Waals surface area contributed by atoms with E-state index in [0.717, 1.165) is 16.7 Å². The number of benzene rings is 3. The van der Waals surface area contributed by atoms with Gasteiger partial charge in [-0.3, -0.25) is 0 Å². The molecule has 0 spiro atoms. The predicted molar refractivity (Wildman–Crippen MR) is 197 cm³/mol. The SMILES string of the molecule is Cc1ccc(S(=O)(=O)N2CCNCCOCCN(S(=O)(=O)c3ccc(C)cc3)CCN(S(=O)(=O)c3ccc(C)cc3)CCOCCNCC2)cc1. The average Bonchev–Trinajstić information content (AvgIpc) is 3.09. The van der Waals surface area contributed by atoms with E-state index in [9.17, 15) is 25.3 Å². The van der Waals surface area contributed by atoms with Gasteiger partial charge in [-0.1, -0.05) is 53.1 Å². The highest BCUT2D eigenvalue weighted by molar-refractivity contribution is 7.89. The van der Waals surface area contributed by atoms with Crippen molar-refractivity contribution in [3.05, 3.63) is 89.5 Å². The van der Waals surface area contributed by atoms with Gasteiger partial charge in [0.2, 0.25) is 30.1 Å². The van der Waals surface area contributed by atoms with E-state index >= 15 is 0 Å². The maximum atomic E-state index is 13.8. The number of rotatable bonds is 6. The van der Waals surface area contributed by atoms with Gasteiger partial charge in [0.1, 0.15) is 0 Å². The molecule has 0 aliphatic carbocycles. The Balaban J connectivity index is 1.52. The molecule has 1 aliphatic heterocycles. The molecule has 13 nitrogen and oxygen atoms in total. The fourth-order valence-corrected chi connectivity index (χ4v) is 9.61. The number of aryl methyl sites for hydroxylation is 3. The van der Waals surface area contributed by atoms with Crippen LogP contribution in [0.25, 0.3) is 0 Å². The number of nitrogens with one attached hydrogen (secondary N) is 2. The van der Waals surface area contributed by atoms with Crippen LogP contribution in [-0.2, 0) is 39.5 Å². The quantitative estimate of drug-likeness (QED) is 0.382. The Hall–Kier alpha value is -2.77. The largest absolute Gasteiger partial charge is 0.379 e. The lowest BCUT2D eigenvalue weighted by Gasteiger charge is -2.27. The molecular weight excluding hydrogens is 715 g/mol. The second kappa shape index (κ2) is 19.3. The minimum absolute atomic E-state index is 0.000625. The molecule has 1 saturated heterocycles. The van der Waals surface area contributed by atoms with E-state index in [1.807, 2.05) is 20.8 Å². The third-order valence-corrected chi connectivity index (χ3v) is 14.2. The second-order valence-corrected chi connectivity index (χ2v) is 18.2. The van der Waals surface area contributed by atoms with Gasteiger partial charge in [-0.05, 0) is 57.2 Å². The number of hydrogen-bond acceptors (Lipinski definition) is 10. The Kier molecular flexibility index (Phi) is 15.6. The zero-order valence-electron chi connectivity index (χ0n) is 29.7. The molecule has 0 aromatic heterocycles. The summed E-state index contributed by atoms with van der Waals surface area (Å²) >= 11 is 0. The molecule has 282 valence electrons. The summed E-state index contributed by atoms with van der Waals surface area (Å²) in [4.78, 5) is 0.434. The van der Waals surface area contributed by atoms with E-state index in [0.29, 0.717) is 26.2 Å². The summed E-state index contributed by atoms with van der Waals surface area (Å²) in [5.74, 6) is 0. The van der Waals surface area contributed by atoms with Gasteiger partial charge in [-0.15, -0.1) is 0 Å². The highest BCUT2D eigenvalue weighted by Crippen LogP contribution is 2.20. The monoisotopic (exact) mass is 765 g/mol. The molecule has 2 N–H and O–H groups in total. The highest BCUT2D eigenvalue weighted by atomic mass is 32.2. The third-order valence-electron chi connectivity index (χ3n) is 8.47. The first-order valence-electron chi connectivity index (χ1n) is 17.1. The van der Waals surface area contributed by atoms with Crippen molar-refractivity contribution in [1.82, 2.24) is 23.5 Å². The van der Waals surface area contributed by atoms with Gasteiger partial charge in [0.25, 0.3) is 0 Å². The first-order chi connectivity index (χ1) is 24.3. The van der Waals surface area contributed by atoms with Crippen molar-refractivity contribution in [2.75, 3.05) is 91.9 Å². The van der Waals surface area contributed by atoms with Crippen molar-refractivity contribution in [3.63, 3.8) is 0 Å². The fourth-order valence-electron chi connectivity index (χ4n) is 5.34. The molecule has 3 aromatic rings. The lowest BCUT2D eigenvalue weighted by atomic mass is 10.2. The molecule has 16 heteroatoms. The first-order valence-corrected chi connectivity index (χ1v) is 21.4. The lowest BCUT2D eigenvalue weighted by molar-refractivity contribution is 0.117. The molecule has 51 heavy (non-hydrogen) atoms. The Bertz CT molecular complexity index is 1740. The van der Waals surface area contributed by atoms with Crippen LogP contribution in [0.1, 0.15) is 16.7 Å². The van der Waals surface area contributed by atoms with E-state index in [-0.39, 0.29) is 80.4 Å². The van der Waals surface area contributed by atoms with Crippen molar-refractivity contribution in [2.24, 2.45) is 0 Å². The Morgan fingerprint density at radius 3 is 1.02 bits per heavy atom. The minimum Gasteiger partial charge on any atom is -0.379 e. The van der Waals surface area contributed by atoms with E-state index in [4.69, 9.17) is 9.47 Å². The molecule has 1 fully saturated rings. The first kappa shape index (κ1) is 41.0. The van der Waals surface area contributed by atoms with Crippen molar-refractivity contribution in [3.8, 4) is 0 Å². The molecule has 0 unspecified atom stereocenters. The summed E-state index contributed by atoms with van der Waals surface area (Å²) in [6, 6.07) is 19.8. The Labute approximate surface area is 304 Å². The van der Waals surface area contributed by atoms with Crippen molar-refractivity contribution in [2.45, 2.75) is 35.5 Å². The van der Waals surface area contributed by atoms with Gasteiger partial charge in [0.05, 0.1) is 41.1 Å². The van der Waals surface area contributed by atoms with Gasteiger partial charge in [0, 0.05) is 65.4 Å². The van der Waals surface area contributed by atoms with E-state index in [1.54, 1.807) is 72.8 Å². The van der Waals surface area contributed by atoms with Crippen LogP contribution >= 0.6 is 0 Å². The molecule has 1 heterocycles. The zero-order valence-corrected chi connectivity index (χ0v) is 32.1. The van der Waals surface area contributed by atoms with E-state index < -0.39 is 30.1 Å². The molecule has 0 saturated carbocycles. The van der Waals surface area contributed by atoms with Crippen molar-refractivity contribution >= 4 is 30.1 Å². The topological polar surface area (TPSA) is 155 Å². The average molecular weight is 766 g/mol. The molecule has 0 bridgehead atoms. The maximum Gasteiger partial charge on any atom is 0.243 e. The number of sulfonamides is 3. The van der Waals surface area contributed by atoms with Crippen molar-refractivity contribution < 1.29 is 34.7 Å². The van der Waals surface area contributed by atoms with E-state index in [2.05, 4.69) is 10.6 Å². The van der Waals surface area contributed by atoms with Crippen LogP contribution in [0.5, 0.6) is 0 Å². The molecule has 0 atom stereocenters. The van der Waals surface area contributed by atoms with Gasteiger partial charge >= 0.3 is 0 Å². The summed E-state index contributed by atoms with van der Waals surface area (Å²) < 4.78 is 97.8. The molecule has 4 rings (SSSR count). The molecule has 1 aliphatic rings. The predicted octanol–water partition coefficient (Wildman–Crippen LogP) is 2.21. The summed E-state index contributed by atoms with van der Waals surface area (Å²) in [5, 5.41) is 6.43. The zero-order chi connectivity index (χ0) is 36.9. The molecule has 0 amide bonds. The van der Waals surface area contributed by atoms with Crippen LogP contribution in [0.4, 0.5) is 0 Å².